The topological polar surface area (TPSA) is 23.8 Å². The zero-order valence-corrected chi connectivity index (χ0v) is 17.1. The molecule has 2 aliphatic carbocycles. The standard InChI is InChI=1S/C24H43N/c1-3-5-7-9-21-10-12-22(13-11-21)18-24(19-25)23-16-14-20(15-17-23)8-6-4-2/h20-24H,3-18H2,1-2H3. The minimum absolute atomic E-state index is 0.355. The Balaban J connectivity index is 1.66. The van der Waals surface area contributed by atoms with Gasteiger partial charge in [-0.15, -0.1) is 0 Å². The quantitative estimate of drug-likeness (QED) is 0.369. The first-order valence-electron chi connectivity index (χ1n) is 11.7. The predicted molar refractivity (Wildman–Crippen MR) is 108 cm³/mol. The molecule has 0 spiro atoms. The Hall–Kier alpha value is -0.510. The number of hydrogen-bond acceptors (Lipinski definition) is 1. The van der Waals surface area contributed by atoms with Gasteiger partial charge in [-0.2, -0.15) is 5.26 Å². The number of unbranched alkanes of at least 4 members (excludes halogenated alkanes) is 3. The molecular formula is C24H43N. The van der Waals surface area contributed by atoms with Gasteiger partial charge in [0.05, 0.1) is 6.07 Å². The summed E-state index contributed by atoms with van der Waals surface area (Å²) in [5.41, 5.74) is 0. The Morgan fingerprint density at radius 3 is 1.80 bits per heavy atom. The fourth-order valence-electron chi connectivity index (χ4n) is 5.52. The number of hydrogen-bond donors (Lipinski definition) is 0. The third-order valence-electron chi connectivity index (χ3n) is 7.36. The van der Waals surface area contributed by atoms with E-state index in [1.54, 1.807) is 0 Å². The van der Waals surface area contributed by atoms with Crippen LogP contribution in [0.5, 0.6) is 0 Å². The zero-order chi connectivity index (χ0) is 17.9. The van der Waals surface area contributed by atoms with Gasteiger partial charge in [-0.05, 0) is 42.9 Å². The Morgan fingerprint density at radius 2 is 1.24 bits per heavy atom. The molecule has 0 amide bonds. The lowest BCUT2D eigenvalue weighted by Gasteiger charge is -2.34. The summed E-state index contributed by atoms with van der Waals surface area (Å²) in [6, 6.07) is 2.73. The van der Waals surface area contributed by atoms with Crippen molar-refractivity contribution in [2.45, 2.75) is 117 Å². The van der Waals surface area contributed by atoms with E-state index in [1.807, 2.05) is 0 Å². The molecule has 1 nitrogen and oxygen atoms in total. The van der Waals surface area contributed by atoms with Crippen molar-refractivity contribution in [2.24, 2.45) is 29.6 Å². The molecular weight excluding hydrogens is 302 g/mol. The van der Waals surface area contributed by atoms with Crippen molar-refractivity contribution in [3.8, 4) is 6.07 Å². The van der Waals surface area contributed by atoms with E-state index in [-0.39, 0.29) is 0 Å². The van der Waals surface area contributed by atoms with E-state index in [4.69, 9.17) is 0 Å². The summed E-state index contributed by atoms with van der Waals surface area (Å²) in [6.45, 7) is 4.60. The largest absolute Gasteiger partial charge is 0.198 e. The molecule has 0 aromatic rings. The molecule has 1 atom stereocenters. The monoisotopic (exact) mass is 345 g/mol. The van der Waals surface area contributed by atoms with Gasteiger partial charge in [0.25, 0.3) is 0 Å². The minimum Gasteiger partial charge on any atom is -0.198 e. The molecule has 0 bridgehead atoms. The molecule has 2 saturated carbocycles. The highest BCUT2D eigenvalue weighted by Crippen LogP contribution is 2.41. The van der Waals surface area contributed by atoms with Crippen molar-refractivity contribution in [1.29, 1.82) is 5.26 Å². The highest BCUT2D eigenvalue weighted by molar-refractivity contribution is 4.92. The molecule has 1 unspecified atom stereocenters. The van der Waals surface area contributed by atoms with Crippen molar-refractivity contribution >= 4 is 0 Å². The first kappa shape index (κ1) is 20.8. The lowest BCUT2D eigenvalue weighted by atomic mass is 9.70. The second kappa shape index (κ2) is 12.0. The van der Waals surface area contributed by atoms with Gasteiger partial charge < -0.3 is 0 Å². The molecule has 0 aliphatic heterocycles. The van der Waals surface area contributed by atoms with E-state index in [0.29, 0.717) is 11.8 Å². The van der Waals surface area contributed by atoms with Crippen LogP contribution < -0.4 is 0 Å². The van der Waals surface area contributed by atoms with Crippen LogP contribution in [-0.4, -0.2) is 0 Å². The average molecular weight is 346 g/mol. The van der Waals surface area contributed by atoms with Crippen LogP contribution >= 0.6 is 0 Å². The third-order valence-corrected chi connectivity index (χ3v) is 7.36. The molecule has 0 N–H and O–H groups in total. The maximum absolute atomic E-state index is 9.76. The first-order chi connectivity index (χ1) is 12.3. The van der Waals surface area contributed by atoms with E-state index in [0.717, 1.165) is 17.8 Å². The maximum atomic E-state index is 9.76. The summed E-state index contributed by atoms with van der Waals surface area (Å²) in [6.07, 6.45) is 22.2. The highest BCUT2D eigenvalue weighted by atomic mass is 14.4. The zero-order valence-electron chi connectivity index (χ0n) is 17.1. The van der Waals surface area contributed by atoms with Crippen LogP contribution in [0.2, 0.25) is 0 Å². The fourth-order valence-corrected chi connectivity index (χ4v) is 5.52. The summed E-state index contributed by atoms with van der Waals surface area (Å²) in [7, 11) is 0. The highest BCUT2D eigenvalue weighted by Gasteiger charge is 2.30. The van der Waals surface area contributed by atoms with Gasteiger partial charge in [-0.1, -0.05) is 97.3 Å². The van der Waals surface area contributed by atoms with Crippen LogP contribution in [0.25, 0.3) is 0 Å². The van der Waals surface area contributed by atoms with E-state index in [2.05, 4.69) is 19.9 Å². The van der Waals surface area contributed by atoms with Gasteiger partial charge >= 0.3 is 0 Å². The van der Waals surface area contributed by atoms with Gasteiger partial charge in [0.1, 0.15) is 0 Å². The van der Waals surface area contributed by atoms with Crippen molar-refractivity contribution in [1.82, 2.24) is 0 Å². The van der Waals surface area contributed by atoms with Gasteiger partial charge in [-0.3, -0.25) is 0 Å². The average Bonchev–Trinajstić information content (AvgIpc) is 2.66. The van der Waals surface area contributed by atoms with Gasteiger partial charge in [0.15, 0.2) is 0 Å². The fraction of sp³-hybridized carbons (Fsp3) is 0.958. The van der Waals surface area contributed by atoms with Crippen LogP contribution in [0.4, 0.5) is 0 Å². The number of rotatable bonds is 10. The summed E-state index contributed by atoms with van der Waals surface area (Å²) in [5, 5.41) is 9.76. The molecule has 1 heteroatoms. The smallest absolute Gasteiger partial charge is 0.0658 e. The molecule has 2 rings (SSSR count). The van der Waals surface area contributed by atoms with Crippen LogP contribution in [0.15, 0.2) is 0 Å². The lowest BCUT2D eigenvalue weighted by molar-refractivity contribution is 0.177. The van der Waals surface area contributed by atoms with E-state index in [1.165, 1.54) is 103 Å². The van der Waals surface area contributed by atoms with E-state index >= 15 is 0 Å². The van der Waals surface area contributed by atoms with Gasteiger partial charge in [0.2, 0.25) is 0 Å². The van der Waals surface area contributed by atoms with Crippen LogP contribution in [0.3, 0.4) is 0 Å². The van der Waals surface area contributed by atoms with Crippen LogP contribution in [0, 0.1) is 40.9 Å². The molecule has 2 aliphatic rings. The molecule has 0 aromatic carbocycles. The molecule has 2 fully saturated rings. The maximum Gasteiger partial charge on any atom is 0.0658 e. The van der Waals surface area contributed by atoms with Crippen molar-refractivity contribution in [2.75, 3.05) is 0 Å². The molecule has 0 saturated heterocycles. The molecule has 0 heterocycles. The molecule has 0 aromatic heterocycles. The second-order valence-electron chi connectivity index (χ2n) is 9.28. The van der Waals surface area contributed by atoms with Crippen LogP contribution in [0.1, 0.15) is 117 Å². The SMILES string of the molecule is CCCCCC1CCC(CC(C#N)C2CCC(CCCC)CC2)CC1. The van der Waals surface area contributed by atoms with Gasteiger partial charge in [0, 0.05) is 5.92 Å². The van der Waals surface area contributed by atoms with Crippen LogP contribution in [-0.2, 0) is 0 Å². The summed E-state index contributed by atoms with van der Waals surface area (Å²) < 4.78 is 0. The molecule has 25 heavy (non-hydrogen) atoms. The van der Waals surface area contributed by atoms with E-state index in [9.17, 15) is 5.26 Å². The van der Waals surface area contributed by atoms with Crippen molar-refractivity contribution in [3.63, 3.8) is 0 Å². The second-order valence-corrected chi connectivity index (χ2v) is 9.28. The Morgan fingerprint density at radius 1 is 0.720 bits per heavy atom. The lowest BCUT2D eigenvalue weighted by Crippen LogP contribution is -2.24. The Kier molecular flexibility index (Phi) is 9.97. The van der Waals surface area contributed by atoms with Crippen molar-refractivity contribution < 1.29 is 0 Å². The summed E-state index contributed by atoms with van der Waals surface area (Å²) in [4.78, 5) is 0. The first-order valence-corrected chi connectivity index (χ1v) is 11.7. The minimum atomic E-state index is 0.355. The number of nitriles is 1. The van der Waals surface area contributed by atoms with E-state index < -0.39 is 0 Å². The summed E-state index contributed by atoms with van der Waals surface area (Å²) >= 11 is 0. The predicted octanol–water partition coefficient (Wildman–Crippen LogP) is 7.90. The normalized spacial score (nSPS) is 31.4. The Labute approximate surface area is 158 Å². The van der Waals surface area contributed by atoms with Gasteiger partial charge in [-0.25, -0.2) is 0 Å². The molecule has 144 valence electrons. The summed E-state index contributed by atoms with van der Waals surface area (Å²) in [5.74, 6) is 3.88. The third kappa shape index (κ3) is 7.32. The van der Waals surface area contributed by atoms with Crippen molar-refractivity contribution in [3.05, 3.63) is 0 Å². The number of nitrogens with zero attached hydrogens (tertiary/aromatic N) is 1. The molecule has 0 radical (unpaired) electrons. The Bertz CT molecular complexity index is 366.